The smallest absolute Gasteiger partial charge is 0.255 e. The van der Waals surface area contributed by atoms with E-state index >= 15 is 0 Å². The molecule has 6 heteroatoms. The Hall–Kier alpha value is -1.40. The van der Waals surface area contributed by atoms with Crippen molar-refractivity contribution in [3.8, 4) is 0 Å². The summed E-state index contributed by atoms with van der Waals surface area (Å²) in [5, 5.41) is 0. The molecule has 0 spiro atoms. The quantitative estimate of drug-likeness (QED) is 0.834. The molecule has 1 amide bonds. The van der Waals surface area contributed by atoms with Crippen LogP contribution in [-0.2, 0) is 9.84 Å². The Morgan fingerprint density at radius 1 is 1.08 bits per heavy atom. The molecular weight excluding hydrogens is 324 g/mol. The third kappa shape index (κ3) is 5.05. The molecular formula is C18H28N2O3S. The summed E-state index contributed by atoms with van der Waals surface area (Å²) < 4.78 is 23.8. The van der Waals surface area contributed by atoms with E-state index in [1.165, 1.54) is 6.07 Å². The lowest BCUT2D eigenvalue weighted by Crippen LogP contribution is -2.49. The van der Waals surface area contributed by atoms with E-state index < -0.39 is 9.84 Å². The van der Waals surface area contributed by atoms with Gasteiger partial charge >= 0.3 is 0 Å². The van der Waals surface area contributed by atoms with Crippen molar-refractivity contribution in [2.45, 2.75) is 32.1 Å². The van der Waals surface area contributed by atoms with Crippen LogP contribution in [0.5, 0.6) is 0 Å². The van der Waals surface area contributed by atoms with Gasteiger partial charge in [0, 0.05) is 32.4 Å². The summed E-state index contributed by atoms with van der Waals surface area (Å²) in [6.45, 7) is 10.7. The summed E-state index contributed by atoms with van der Waals surface area (Å²) in [4.78, 5) is 17.0. The molecule has 1 aliphatic heterocycles. The molecule has 0 N–H and O–H groups in total. The average Bonchev–Trinajstić information content (AvgIpc) is 2.51. The van der Waals surface area contributed by atoms with Crippen LogP contribution in [0.3, 0.4) is 0 Å². The van der Waals surface area contributed by atoms with Crippen LogP contribution in [0, 0.1) is 5.41 Å². The van der Waals surface area contributed by atoms with Crippen molar-refractivity contribution < 1.29 is 13.2 Å². The van der Waals surface area contributed by atoms with Crippen LogP contribution >= 0.6 is 0 Å². The zero-order valence-electron chi connectivity index (χ0n) is 15.1. The van der Waals surface area contributed by atoms with E-state index in [2.05, 4.69) is 25.7 Å². The summed E-state index contributed by atoms with van der Waals surface area (Å²) in [6.07, 6.45) is 2.27. The van der Waals surface area contributed by atoms with Crippen molar-refractivity contribution in [2.75, 3.05) is 39.0 Å². The van der Waals surface area contributed by atoms with E-state index in [1.54, 1.807) is 23.1 Å². The third-order valence-electron chi connectivity index (χ3n) is 4.35. The maximum Gasteiger partial charge on any atom is 0.255 e. The largest absolute Gasteiger partial charge is 0.336 e. The predicted molar refractivity (Wildman–Crippen MR) is 96.0 cm³/mol. The Balaban J connectivity index is 2.02. The molecule has 1 heterocycles. The molecule has 1 fully saturated rings. The monoisotopic (exact) mass is 352 g/mol. The Labute approximate surface area is 145 Å². The first-order chi connectivity index (χ1) is 11.1. The van der Waals surface area contributed by atoms with Gasteiger partial charge in [0.2, 0.25) is 0 Å². The van der Waals surface area contributed by atoms with Crippen molar-refractivity contribution in [3.05, 3.63) is 29.8 Å². The fraction of sp³-hybridized carbons (Fsp3) is 0.611. The highest BCUT2D eigenvalue weighted by atomic mass is 32.2. The summed E-state index contributed by atoms with van der Waals surface area (Å²) in [7, 11) is -3.41. The molecule has 0 bridgehead atoms. The lowest BCUT2D eigenvalue weighted by Gasteiger charge is -2.36. The third-order valence-corrected chi connectivity index (χ3v) is 5.51. The van der Waals surface area contributed by atoms with Crippen LogP contribution in [0.25, 0.3) is 0 Å². The van der Waals surface area contributed by atoms with Crippen molar-refractivity contribution >= 4 is 15.7 Å². The normalized spacial score (nSPS) is 17.1. The molecule has 0 radical (unpaired) electrons. The Bertz CT molecular complexity index is 684. The van der Waals surface area contributed by atoms with E-state index in [0.717, 1.165) is 32.3 Å². The number of carbonyl (C=O) groups excluding carboxylic acids is 1. The molecule has 1 saturated heterocycles. The topological polar surface area (TPSA) is 57.7 Å². The molecule has 0 aliphatic carbocycles. The maximum absolute atomic E-state index is 12.7. The standard InChI is InChI=1S/C18H28N2O3S/c1-18(2,3)9-10-19-11-13-20(14-12-19)17(21)15-7-5-6-8-16(15)24(4,22)23/h5-8H,9-14H2,1-4H3. The highest BCUT2D eigenvalue weighted by Gasteiger charge is 2.26. The summed E-state index contributed by atoms with van der Waals surface area (Å²) in [5.41, 5.74) is 0.588. The van der Waals surface area contributed by atoms with E-state index in [-0.39, 0.29) is 16.4 Å². The van der Waals surface area contributed by atoms with Gasteiger partial charge < -0.3 is 4.90 Å². The zero-order chi connectivity index (χ0) is 18.0. The maximum atomic E-state index is 12.7. The van der Waals surface area contributed by atoms with Crippen molar-refractivity contribution in [1.29, 1.82) is 0 Å². The van der Waals surface area contributed by atoms with Gasteiger partial charge in [-0.25, -0.2) is 8.42 Å². The number of rotatable bonds is 4. The molecule has 0 unspecified atom stereocenters. The number of hydrogen-bond donors (Lipinski definition) is 0. The minimum Gasteiger partial charge on any atom is -0.336 e. The lowest BCUT2D eigenvalue weighted by molar-refractivity contribution is 0.0619. The minimum atomic E-state index is -3.41. The SMILES string of the molecule is CC(C)(C)CCN1CCN(C(=O)c2ccccc2S(C)(=O)=O)CC1. The van der Waals surface area contributed by atoms with E-state index in [1.807, 2.05) is 0 Å². The summed E-state index contributed by atoms with van der Waals surface area (Å²) in [5.74, 6) is -0.188. The molecule has 24 heavy (non-hydrogen) atoms. The lowest BCUT2D eigenvalue weighted by atomic mass is 9.92. The van der Waals surface area contributed by atoms with Crippen LogP contribution < -0.4 is 0 Å². The number of benzene rings is 1. The van der Waals surface area contributed by atoms with Gasteiger partial charge in [-0.15, -0.1) is 0 Å². The van der Waals surface area contributed by atoms with Gasteiger partial charge in [-0.2, -0.15) is 0 Å². The average molecular weight is 353 g/mol. The van der Waals surface area contributed by atoms with E-state index in [4.69, 9.17) is 0 Å². The fourth-order valence-corrected chi connectivity index (χ4v) is 3.69. The zero-order valence-corrected chi connectivity index (χ0v) is 15.9. The minimum absolute atomic E-state index is 0.116. The first-order valence-electron chi connectivity index (χ1n) is 8.39. The van der Waals surface area contributed by atoms with Crippen LogP contribution in [0.4, 0.5) is 0 Å². The molecule has 0 saturated carbocycles. The molecule has 2 rings (SSSR count). The number of carbonyl (C=O) groups is 1. The molecule has 1 aromatic carbocycles. The number of sulfone groups is 1. The Kier molecular flexibility index (Phi) is 5.71. The second-order valence-corrected chi connectivity index (χ2v) is 9.70. The van der Waals surface area contributed by atoms with E-state index in [0.29, 0.717) is 18.5 Å². The van der Waals surface area contributed by atoms with Gasteiger partial charge in [-0.05, 0) is 30.5 Å². The molecule has 0 aromatic heterocycles. The van der Waals surface area contributed by atoms with Gasteiger partial charge in [0.15, 0.2) is 9.84 Å². The first kappa shape index (κ1) is 18.9. The number of piperazine rings is 1. The molecule has 5 nitrogen and oxygen atoms in total. The van der Waals surface area contributed by atoms with E-state index in [9.17, 15) is 13.2 Å². The molecule has 0 atom stereocenters. The van der Waals surface area contributed by atoms with Gasteiger partial charge in [0.25, 0.3) is 5.91 Å². The molecule has 1 aliphatic rings. The molecule has 134 valence electrons. The van der Waals surface area contributed by atoms with Gasteiger partial charge in [0.1, 0.15) is 0 Å². The summed E-state index contributed by atoms with van der Waals surface area (Å²) in [6, 6.07) is 6.46. The van der Waals surface area contributed by atoms with Gasteiger partial charge in [-0.3, -0.25) is 9.69 Å². The van der Waals surface area contributed by atoms with Gasteiger partial charge in [-0.1, -0.05) is 32.9 Å². The summed E-state index contributed by atoms with van der Waals surface area (Å²) >= 11 is 0. The highest BCUT2D eigenvalue weighted by molar-refractivity contribution is 7.90. The van der Waals surface area contributed by atoms with Crippen molar-refractivity contribution in [3.63, 3.8) is 0 Å². The van der Waals surface area contributed by atoms with Crippen LogP contribution in [0.1, 0.15) is 37.6 Å². The number of hydrogen-bond acceptors (Lipinski definition) is 4. The number of amides is 1. The van der Waals surface area contributed by atoms with Crippen molar-refractivity contribution in [2.24, 2.45) is 5.41 Å². The Morgan fingerprint density at radius 3 is 2.21 bits per heavy atom. The highest BCUT2D eigenvalue weighted by Crippen LogP contribution is 2.21. The predicted octanol–water partition coefficient (Wildman–Crippen LogP) is 2.28. The van der Waals surface area contributed by atoms with Crippen LogP contribution in [-0.4, -0.2) is 63.1 Å². The first-order valence-corrected chi connectivity index (χ1v) is 10.3. The second-order valence-electron chi connectivity index (χ2n) is 7.71. The van der Waals surface area contributed by atoms with Gasteiger partial charge in [0.05, 0.1) is 10.5 Å². The van der Waals surface area contributed by atoms with Crippen LogP contribution in [0.2, 0.25) is 0 Å². The molecule has 1 aromatic rings. The second kappa shape index (κ2) is 7.23. The van der Waals surface area contributed by atoms with Crippen molar-refractivity contribution in [1.82, 2.24) is 9.80 Å². The van der Waals surface area contributed by atoms with Crippen LogP contribution in [0.15, 0.2) is 29.2 Å². The Morgan fingerprint density at radius 2 is 1.67 bits per heavy atom. The fourth-order valence-electron chi connectivity index (χ4n) is 2.81. The number of nitrogens with zero attached hydrogens (tertiary/aromatic N) is 2.